The summed E-state index contributed by atoms with van der Waals surface area (Å²) >= 11 is 6.60. The molecule has 7 nitrogen and oxygen atoms in total. The minimum Gasteiger partial charge on any atom is -0.469 e. The Labute approximate surface area is 155 Å². The monoisotopic (exact) mass is 384 g/mol. The number of carbonyl (C=O) groups excluding carboxylic acids is 3. The molecule has 1 aromatic rings. The quantitative estimate of drug-likeness (QED) is 0.594. The lowest BCUT2D eigenvalue weighted by Crippen LogP contribution is -2.34. The van der Waals surface area contributed by atoms with Gasteiger partial charge in [0.25, 0.3) is 0 Å². The van der Waals surface area contributed by atoms with E-state index >= 15 is 0 Å². The molecule has 0 aromatic carbocycles. The number of thiocarbonyl (C=S) groups is 1. The van der Waals surface area contributed by atoms with Gasteiger partial charge in [-0.05, 0) is 43.5 Å². The summed E-state index contributed by atoms with van der Waals surface area (Å²) in [6.45, 7) is 0. The molecule has 0 fully saturated rings. The maximum Gasteiger partial charge on any atom is 0.341 e. The Kier molecular flexibility index (Phi) is 6.89. The van der Waals surface area contributed by atoms with Crippen LogP contribution in [0.25, 0.3) is 0 Å². The average Bonchev–Trinajstić information content (AvgIpc) is 2.96. The molecule has 1 aliphatic rings. The third kappa shape index (κ3) is 4.99. The molecule has 0 unspecified atom stereocenters. The maximum absolute atomic E-state index is 12.1. The van der Waals surface area contributed by atoms with Crippen LogP contribution in [-0.4, -0.2) is 37.2 Å². The highest BCUT2D eigenvalue weighted by Crippen LogP contribution is 2.38. The van der Waals surface area contributed by atoms with Gasteiger partial charge in [-0.25, -0.2) is 4.79 Å². The SMILES string of the molecule is COC(=O)CCC(=O)NC(=S)Nc1sc2c(c1C(=O)OC)CCCC2. The third-order valence-corrected chi connectivity index (χ3v) is 5.24. The van der Waals surface area contributed by atoms with E-state index in [9.17, 15) is 14.4 Å². The van der Waals surface area contributed by atoms with Crippen LogP contribution in [0, 0.1) is 0 Å². The molecule has 1 amide bonds. The Morgan fingerprint density at radius 1 is 1.12 bits per heavy atom. The number of rotatable bonds is 5. The third-order valence-electron chi connectivity index (χ3n) is 3.82. The number of fused-ring (bicyclic) bond motifs is 1. The van der Waals surface area contributed by atoms with E-state index in [1.807, 2.05) is 0 Å². The standard InChI is InChI=1S/C16H20N2O5S2/c1-22-12(20)8-7-11(19)17-16(24)18-14-13(15(21)23-2)9-5-3-4-6-10(9)25-14/h3-8H2,1-2H3,(H2,17,18,19,24). The predicted octanol–water partition coefficient (Wildman–Crippen LogP) is 2.18. The highest BCUT2D eigenvalue weighted by Gasteiger charge is 2.26. The van der Waals surface area contributed by atoms with Gasteiger partial charge in [0.05, 0.1) is 26.2 Å². The number of esters is 2. The number of hydrogen-bond acceptors (Lipinski definition) is 7. The van der Waals surface area contributed by atoms with Crippen molar-refractivity contribution in [3.8, 4) is 0 Å². The van der Waals surface area contributed by atoms with Crippen LogP contribution in [0.15, 0.2) is 0 Å². The van der Waals surface area contributed by atoms with E-state index in [1.165, 1.54) is 25.6 Å². The first-order valence-electron chi connectivity index (χ1n) is 7.86. The first-order valence-corrected chi connectivity index (χ1v) is 9.09. The summed E-state index contributed by atoms with van der Waals surface area (Å²) in [5, 5.41) is 6.08. The molecule has 0 aliphatic heterocycles. The van der Waals surface area contributed by atoms with Crippen LogP contribution in [0.2, 0.25) is 0 Å². The van der Waals surface area contributed by atoms with Crippen molar-refractivity contribution in [2.45, 2.75) is 38.5 Å². The van der Waals surface area contributed by atoms with Crippen molar-refractivity contribution in [1.29, 1.82) is 0 Å². The highest BCUT2D eigenvalue weighted by atomic mass is 32.1. The van der Waals surface area contributed by atoms with E-state index in [2.05, 4.69) is 15.4 Å². The van der Waals surface area contributed by atoms with Gasteiger partial charge < -0.3 is 20.1 Å². The molecule has 0 saturated carbocycles. The van der Waals surface area contributed by atoms with Gasteiger partial charge in [0.2, 0.25) is 5.91 Å². The molecule has 1 aromatic heterocycles. The molecular formula is C16H20N2O5S2. The molecule has 9 heteroatoms. The van der Waals surface area contributed by atoms with E-state index in [0.717, 1.165) is 36.1 Å². The molecule has 0 spiro atoms. The van der Waals surface area contributed by atoms with Crippen LogP contribution in [0.3, 0.4) is 0 Å². The largest absolute Gasteiger partial charge is 0.469 e. The summed E-state index contributed by atoms with van der Waals surface area (Å²) in [5.74, 6) is -1.28. The van der Waals surface area contributed by atoms with E-state index in [4.69, 9.17) is 17.0 Å². The number of nitrogens with one attached hydrogen (secondary N) is 2. The Balaban J connectivity index is 2.05. The molecule has 0 saturated heterocycles. The Bertz CT molecular complexity index is 699. The minimum absolute atomic E-state index is 0.0222. The molecule has 0 radical (unpaired) electrons. The molecule has 0 bridgehead atoms. The van der Waals surface area contributed by atoms with E-state index in [0.29, 0.717) is 10.6 Å². The number of carbonyl (C=O) groups is 3. The summed E-state index contributed by atoms with van der Waals surface area (Å²) in [6, 6.07) is 0. The van der Waals surface area contributed by atoms with Crippen LogP contribution in [-0.2, 0) is 31.9 Å². The van der Waals surface area contributed by atoms with Crippen molar-refractivity contribution < 1.29 is 23.9 Å². The van der Waals surface area contributed by atoms with Crippen molar-refractivity contribution in [2.24, 2.45) is 0 Å². The predicted molar refractivity (Wildman–Crippen MR) is 97.9 cm³/mol. The van der Waals surface area contributed by atoms with E-state index in [-0.39, 0.29) is 18.0 Å². The average molecular weight is 384 g/mol. The topological polar surface area (TPSA) is 93.7 Å². The molecule has 1 heterocycles. The maximum atomic E-state index is 12.1. The van der Waals surface area contributed by atoms with Crippen molar-refractivity contribution in [3.05, 3.63) is 16.0 Å². The van der Waals surface area contributed by atoms with Crippen LogP contribution < -0.4 is 10.6 Å². The minimum atomic E-state index is -0.465. The number of aryl methyl sites for hydroxylation is 1. The summed E-state index contributed by atoms with van der Waals surface area (Å²) in [5.41, 5.74) is 1.50. The second-order valence-corrected chi connectivity index (χ2v) is 7.00. The zero-order valence-electron chi connectivity index (χ0n) is 14.1. The fourth-order valence-electron chi connectivity index (χ4n) is 2.61. The zero-order chi connectivity index (χ0) is 18.4. The highest BCUT2D eigenvalue weighted by molar-refractivity contribution is 7.80. The second-order valence-electron chi connectivity index (χ2n) is 5.49. The zero-order valence-corrected chi connectivity index (χ0v) is 15.7. The lowest BCUT2D eigenvalue weighted by atomic mass is 9.95. The van der Waals surface area contributed by atoms with Gasteiger partial charge in [-0.2, -0.15) is 0 Å². The van der Waals surface area contributed by atoms with Crippen LogP contribution in [0.4, 0.5) is 5.00 Å². The van der Waals surface area contributed by atoms with Gasteiger partial charge in [-0.3, -0.25) is 9.59 Å². The molecule has 2 rings (SSSR count). The molecule has 0 atom stereocenters. The van der Waals surface area contributed by atoms with Crippen LogP contribution in [0.1, 0.15) is 46.5 Å². The van der Waals surface area contributed by atoms with Crippen LogP contribution >= 0.6 is 23.6 Å². The number of thiophene rings is 1. The van der Waals surface area contributed by atoms with Gasteiger partial charge >= 0.3 is 11.9 Å². The Morgan fingerprint density at radius 2 is 1.84 bits per heavy atom. The van der Waals surface area contributed by atoms with Crippen molar-refractivity contribution in [1.82, 2.24) is 5.32 Å². The number of amides is 1. The molecule has 25 heavy (non-hydrogen) atoms. The molecule has 1 aliphatic carbocycles. The van der Waals surface area contributed by atoms with Gasteiger partial charge in [0, 0.05) is 11.3 Å². The molecular weight excluding hydrogens is 364 g/mol. The van der Waals surface area contributed by atoms with Crippen molar-refractivity contribution in [2.75, 3.05) is 19.5 Å². The smallest absolute Gasteiger partial charge is 0.341 e. The van der Waals surface area contributed by atoms with Gasteiger partial charge in [-0.15, -0.1) is 11.3 Å². The summed E-state index contributed by atoms with van der Waals surface area (Å²) < 4.78 is 9.37. The number of methoxy groups -OCH3 is 2. The van der Waals surface area contributed by atoms with Gasteiger partial charge in [0.1, 0.15) is 5.00 Å². The van der Waals surface area contributed by atoms with Gasteiger partial charge in [-0.1, -0.05) is 0 Å². The Hall–Kier alpha value is -2.00. The fourth-order valence-corrected chi connectivity index (χ4v) is 4.18. The Morgan fingerprint density at radius 3 is 2.52 bits per heavy atom. The number of hydrogen-bond donors (Lipinski definition) is 2. The van der Waals surface area contributed by atoms with Crippen molar-refractivity contribution in [3.63, 3.8) is 0 Å². The van der Waals surface area contributed by atoms with E-state index < -0.39 is 17.8 Å². The van der Waals surface area contributed by atoms with Crippen LogP contribution in [0.5, 0.6) is 0 Å². The first-order chi connectivity index (χ1) is 12.0. The lowest BCUT2D eigenvalue weighted by molar-refractivity contribution is -0.142. The lowest BCUT2D eigenvalue weighted by Gasteiger charge is -2.12. The molecule has 2 N–H and O–H groups in total. The number of anilines is 1. The van der Waals surface area contributed by atoms with E-state index in [1.54, 1.807) is 0 Å². The first kappa shape index (κ1) is 19.3. The fraction of sp³-hybridized carbons (Fsp3) is 0.500. The molecule has 136 valence electrons. The second kappa shape index (κ2) is 8.91. The van der Waals surface area contributed by atoms with Gasteiger partial charge in [0.15, 0.2) is 5.11 Å². The summed E-state index contributed by atoms with van der Waals surface area (Å²) in [4.78, 5) is 36.1. The van der Waals surface area contributed by atoms with Crippen molar-refractivity contribution >= 4 is 51.5 Å². The normalized spacial score (nSPS) is 12.7. The summed E-state index contributed by atoms with van der Waals surface area (Å²) in [7, 11) is 2.60. The summed E-state index contributed by atoms with van der Waals surface area (Å²) in [6.07, 6.45) is 3.81. The number of ether oxygens (including phenoxy) is 2.